The van der Waals surface area contributed by atoms with Crippen molar-refractivity contribution in [3.05, 3.63) is 33.8 Å². The van der Waals surface area contributed by atoms with Crippen molar-refractivity contribution in [2.75, 3.05) is 26.4 Å². The van der Waals surface area contributed by atoms with E-state index in [1.54, 1.807) is 6.08 Å². The SMILES string of the molecule is CCc1cc(OCC=C(Cl)Cl)cc(C)c1OCCCOCC(C)=O. The molecule has 0 aliphatic carbocycles. The summed E-state index contributed by atoms with van der Waals surface area (Å²) in [6.07, 6.45) is 3.16. The van der Waals surface area contributed by atoms with Gasteiger partial charge >= 0.3 is 0 Å². The summed E-state index contributed by atoms with van der Waals surface area (Å²) in [6, 6.07) is 3.89. The van der Waals surface area contributed by atoms with E-state index >= 15 is 0 Å². The number of Topliss-reactive ketones (excluding diaryl/α,β-unsaturated/α-hetero) is 1. The van der Waals surface area contributed by atoms with Crippen LogP contribution >= 0.6 is 23.2 Å². The highest BCUT2D eigenvalue weighted by Crippen LogP contribution is 2.30. The number of halogens is 2. The Kier molecular flexibility index (Phi) is 9.84. The molecule has 0 amide bonds. The van der Waals surface area contributed by atoms with E-state index in [0.717, 1.165) is 35.5 Å². The maximum Gasteiger partial charge on any atom is 0.155 e. The molecule has 0 saturated heterocycles. The minimum Gasteiger partial charge on any atom is -0.493 e. The molecule has 24 heavy (non-hydrogen) atoms. The molecule has 0 aliphatic rings. The summed E-state index contributed by atoms with van der Waals surface area (Å²) >= 11 is 11.1. The molecular weight excluding hydrogens is 351 g/mol. The number of rotatable bonds is 11. The zero-order valence-corrected chi connectivity index (χ0v) is 15.9. The molecule has 0 spiro atoms. The van der Waals surface area contributed by atoms with Crippen LogP contribution in [-0.4, -0.2) is 32.2 Å². The van der Waals surface area contributed by atoms with Crippen molar-refractivity contribution in [2.45, 2.75) is 33.6 Å². The van der Waals surface area contributed by atoms with E-state index in [2.05, 4.69) is 6.92 Å². The number of hydrogen-bond donors (Lipinski definition) is 0. The quantitative estimate of drug-likeness (QED) is 0.529. The largest absolute Gasteiger partial charge is 0.493 e. The first-order valence-electron chi connectivity index (χ1n) is 7.91. The van der Waals surface area contributed by atoms with Crippen LogP contribution in [0.15, 0.2) is 22.7 Å². The molecule has 0 saturated carbocycles. The predicted molar refractivity (Wildman–Crippen MR) is 97.5 cm³/mol. The minimum atomic E-state index is 0.0286. The third-order valence-electron chi connectivity index (χ3n) is 3.18. The Balaban J connectivity index is 2.57. The molecule has 0 radical (unpaired) electrons. The molecule has 0 fully saturated rings. The van der Waals surface area contributed by atoms with Crippen molar-refractivity contribution in [1.29, 1.82) is 0 Å². The molecule has 0 unspecified atom stereocenters. The first-order chi connectivity index (χ1) is 11.4. The van der Waals surface area contributed by atoms with Crippen molar-refractivity contribution in [3.8, 4) is 11.5 Å². The van der Waals surface area contributed by atoms with Gasteiger partial charge in [-0.15, -0.1) is 0 Å². The van der Waals surface area contributed by atoms with Crippen LogP contribution in [0.1, 0.15) is 31.4 Å². The van der Waals surface area contributed by atoms with Gasteiger partial charge in [-0.2, -0.15) is 0 Å². The summed E-state index contributed by atoms with van der Waals surface area (Å²) in [6.45, 7) is 7.08. The maximum absolute atomic E-state index is 10.8. The van der Waals surface area contributed by atoms with E-state index in [9.17, 15) is 4.79 Å². The van der Waals surface area contributed by atoms with Gasteiger partial charge in [0.15, 0.2) is 5.78 Å². The van der Waals surface area contributed by atoms with Crippen molar-refractivity contribution in [2.24, 2.45) is 0 Å². The van der Waals surface area contributed by atoms with Crippen LogP contribution in [-0.2, 0) is 16.0 Å². The fraction of sp³-hybridized carbons (Fsp3) is 0.500. The molecule has 0 heterocycles. The smallest absolute Gasteiger partial charge is 0.155 e. The first-order valence-corrected chi connectivity index (χ1v) is 8.67. The van der Waals surface area contributed by atoms with Gasteiger partial charge in [0, 0.05) is 6.42 Å². The lowest BCUT2D eigenvalue weighted by Gasteiger charge is -2.15. The molecular formula is C18H24Cl2O4. The second kappa shape index (κ2) is 11.3. The summed E-state index contributed by atoms with van der Waals surface area (Å²) in [5, 5.41) is 0. The first kappa shape index (κ1) is 20.8. The lowest BCUT2D eigenvalue weighted by molar-refractivity contribution is -0.121. The molecule has 0 aliphatic heterocycles. The minimum absolute atomic E-state index is 0.0286. The van der Waals surface area contributed by atoms with Crippen LogP contribution in [0.2, 0.25) is 0 Å². The third-order valence-corrected chi connectivity index (χ3v) is 3.49. The normalized spacial score (nSPS) is 10.4. The van der Waals surface area contributed by atoms with Gasteiger partial charge in [-0.1, -0.05) is 30.1 Å². The lowest BCUT2D eigenvalue weighted by atomic mass is 10.1. The molecule has 6 heteroatoms. The van der Waals surface area contributed by atoms with Crippen LogP contribution in [0.25, 0.3) is 0 Å². The number of hydrogen-bond acceptors (Lipinski definition) is 4. The number of aryl methyl sites for hydroxylation is 2. The zero-order valence-electron chi connectivity index (χ0n) is 14.4. The van der Waals surface area contributed by atoms with Crippen LogP contribution in [0.5, 0.6) is 11.5 Å². The second-order valence-corrected chi connectivity index (χ2v) is 6.35. The van der Waals surface area contributed by atoms with E-state index in [4.69, 9.17) is 37.4 Å². The monoisotopic (exact) mass is 374 g/mol. The Morgan fingerprint density at radius 3 is 2.58 bits per heavy atom. The average molecular weight is 375 g/mol. The van der Waals surface area contributed by atoms with E-state index in [-0.39, 0.29) is 16.9 Å². The molecule has 0 atom stereocenters. The number of benzene rings is 1. The number of ketones is 1. The predicted octanol–water partition coefficient (Wildman–Crippen LogP) is 4.63. The molecule has 0 N–H and O–H groups in total. The number of carbonyl (C=O) groups is 1. The van der Waals surface area contributed by atoms with Crippen LogP contribution in [0, 0.1) is 6.92 Å². The number of ether oxygens (including phenoxy) is 3. The van der Waals surface area contributed by atoms with Gasteiger partial charge < -0.3 is 14.2 Å². The Morgan fingerprint density at radius 1 is 1.21 bits per heavy atom. The van der Waals surface area contributed by atoms with Crippen molar-refractivity contribution in [1.82, 2.24) is 0 Å². The van der Waals surface area contributed by atoms with E-state index in [1.165, 1.54) is 6.92 Å². The van der Waals surface area contributed by atoms with Crippen molar-refractivity contribution in [3.63, 3.8) is 0 Å². The molecule has 0 aromatic heterocycles. The Labute approximate surface area is 153 Å². The molecule has 1 aromatic rings. The molecule has 1 aromatic carbocycles. The van der Waals surface area contributed by atoms with E-state index < -0.39 is 0 Å². The third kappa shape index (κ3) is 8.04. The Morgan fingerprint density at radius 2 is 1.96 bits per heavy atom. The molecule has 0 bridgehead atoms. The van der Waals surface area contributed by atoms with Gasteiger partial charge in [0.1, 0.15) is 29.2 Å². The van der Waals surface area contributed by atoms with Crippen LogP contribution in [0.3, 0.4) is 0 Å². The average Bonchev–Trinajstić information content (AvgIpc) is 2.51. The summed E-state index contributed by atoms with van der Waals surface area (Å²) < 4.78 is 16.9. The standard InChI is InChI=1S/C18H24Cl2O4/c1-4-15-11-16(23-9-6-17(19)20)10-13(2)18(15)24-8-5-7-22-12-14(3)21/h6,10-11H,4-5,7-9,12H2,1-3H3. The van der Waals surface area contributed by atoms with E-state index in [0.29, 0.717) is 19.8 Å². The van der Waals surface area contributed by atoms with Gasteiger partial charge in [-0.3, -0.25) is 4.79 Å². The topological polar surface area (TPSA) is 44.8 Å². The van der Waals surface area contributed by atoms with Gasteiger partial charge in [-0.05, 0) is 49.6 Å². The van der Waals surface area contributed by atoms with Gasteiger partial charge in [0.25, 0.3) is 0 Å². The summed E-state index contributed by atoms with van der Waals surface area (Å²) in [7, 11) is 0. The van der Waals surface area contributed by atoms with Gasteiger partial charge in [-0.25, -0.2) is 0 Å². The lowest BCUT2D eigenvalue weighted by Crippen LogP contribution is -2.09. The highest BCUT2D eigenvalue weighted by Gasteiger charge is 2.09. The Bertz CT molecular complexity index is 566. The van der Waals surface area contributed by atoms with Crippen molar-refractivity contribution >= 4 is 29.0 Å². The highest BCUT2D eigenvalue weighted by molar-refractivity contribution is 6.55. The summed E-state index contributed by atoms with van der Waals surface area (Å²) in [5.41, 5.74) is 2.09. The Hall–Kier alpha value is -1.23. The maximum atomic E-state index is 10.8. The highest BCUT2D eigenvalue weighted by atomic mass is 35.5. The van der Waals surface area contributed by atoms with Crippen LogP contribution in [0.4, 0.5) is 0 Å². The van der Waals surface area contributed by atoms with E-state index in [1.807, 2.05) is 19.1 Å². The zero-order chi connectivity index (χ0) is 17.9. The second-order valence-electron chi connectivity index (χ2n) is 5.34. The molecule has 4 nitrogen and oxygen atoms in total. The summed E-state index contributed by atoms with van der Waals surface area (Å²) in [5.74, 6) is 1.66. The van der Waals surface area contributed by atoms with Crippen molar-refractivity contribution < 1.29 is 19.0 Å². The van der Waals surface area contributed by atoms with Gasteiger partial charge in [0.2, 0.25) is 0 Å². The number of carbonyl (C=O) groups excluding carboxylic acids is 1. The molecule has 1 rings (SSSR count). The summed E-state index contributed by atoms with van der Waals surface area (Å²) in [4.78, 5) is 10.8. The fourth-order valence-electron chi connectivity index (χ4n) is 2.12. The van der Waals surface area contributed by atoms with Crippen LogP contribution < -0.4 is 9.47 Å². The molecule has 134 valence electrons. The van der Waals surface area contributed by atoms with Gasteiger partial charge in [0.05, 0.1) is 13.2 Å². The fourth-order valence-corrected chi connectivity index (χ4v) is 2.24.